The second-order valence-corrected chi connectivity index (χ2v) is 6.40. The van der Waals surface area contributed by atoms with Gasteiger partial charge < -0.3 is 15.4 Å². The highest BCUT2D eigenvalue weighted by Crippen LogP contribution is 2.23. The molecule has 1 aliphatic rings. The number of carbonyl (C=O) groups excluding carboxylic acids is 3. The Morgan fingerprint density at radius 2 is 2.07 bits per heavy atom. The Kier molecular flexibility index (Phi) is 5.72. The topological polar surface area (TPSA) is 110 Å². The van der Waals surface area contributed by atoms with Crippen molar-refractivity contribution in [3.8, 4) is 5.75 Å². The second kappa shape index (κ2) is 8.37. The van der Waals surface area contributed by atoms with Crippen LogP contribution in [-0.4, -0.2) is 36.0 Å². The SMILES string of the molecule is COc1ccccc1NC(=O)Cc1csc(NC(=O)C2C=CC=NC2=O)n1. The van der Waals surface area contributed by atoms with Gasteiger partial charge in [-0.05, 0) is 18.2 Å². The van der Waals surface area contributed by atoms with Crippen molar-refractivity contribution in [3.63, 3.8) is 0 Å². The average molecular weight is 384 g/mol. The Hall–Kier alpha value is -3.33. The molecule has 1 aliphatic heterocycles. The van der Waals surface area contributed by atoms with E-state index in [1.54, 1.807) is 35.7 Å². The molecule has 2 heterocycles. The van der Waals surface area contributed by atoms with Crippen LogP contribution in [0.3, 0.4) is 0 Å². The number of aliphatic imine (C=N–C) groups is 1. The third-order valence-electron chi connectivity index (χ3n) is 3.64. The van der Waals surface area contributed by atoms with Gasteiger partial charge in [0.25, 0.3) is 5.91 Å². The van der Waals surface area contributed by atoms with E-state index in [2.05, 4.69) is 20.6 Å². The molecule has 8 nitrogen and oxygen atoms in total. The maximum absolute atomic E-state index is 12.2. The Labute approximate surface area is 159 Å². The first-order chi connectivity index (χ1) is 13.1. The molecule has 0 radical (unpaired) electrons. The minimum absolute atomic E-state index is 0.0387. The van der Waals surface area contributed by atoms with Gasteiger partial charge in [0, 0.05) is 11.6 Å². The van der Waals surface area contributed by atoms with Crippen LogP contribution in [0.4, 0.5) is 10.8 Å². The van der Waals surface area contributed by atoms with Gasteiger partial charge in [0.05, 0.1) is 24.9 Å². The van der Waals surface area contributed by atoms with Gasteiger partial charge in [-0.3, -0.25) is 14.4 Å². The number of hydrogen-bond donors (Lipinski definition) is 2. The quantitative estimate of drug-likeness (QED) is 0.741. The lowest BCUT2D eigenvalue weighted by molar-refractivity contribution is -0.128. The molecule has 2 aromatic rings. The fourth-order valence-corrected chi connectivity index (χ4v) is 3.09. The van der Waals surface area contributed by atoms with E-state index in [4.69, 9.17) is 4.74 Å². The predicted molar refractivity (Wildman–Crippen MR) is 102 cm³/mol. The molecule has 9 heteroatoms. The van der Waals surface area contributed by atoms with E-state index in [0.29, 0.717) is 22.3 Å². The first-order valence-electron chi connectivity index (χ1n) is 7.99. The largest absolute Gasteiger partial charge is 0.495 e. The van der Waals surface area contributed by atoms with Gasteiger partial charge in [-0.15, -0.1) is 11.3 Å². The zero-order valence-corrected chi connectivity index (χ0v) is 15.2. The lowest BCUT2D eigenvalue weighted by Gasteiger charge is -2.10. The van der Waals surface area contributed by atoms with Gasteiger partial charge in [-0.1, -0.05) is 18.2 Å². The van der Waals surface area contributed by atoms with E-state index in [0.717, 1.165) is 0 Å². The molecule has 2 N–H and O–H groups in total. The van der Waals surface area contributed by atoms with Gasteiger partial charge in [0.15, 0.2) is 5.13 Å². The summed E-state index contributed by atoms with van der Waals surface area (Å²) in [5, 5.41) is 7.33. The number of thiazole rings is 1. The minimum atomic E-state index is -0.962. The van der Waals surface area contributed by atoms with Gasteiger partial charge in [0.1, 0.15) is 11.7 Å². The van der Waals surface area contributed by atoms with E-state index in [-0.39, 0.29) is 12.3 Å². The average Bonchev–Trinajstić information content (AvgIpc) is 3.09. The normalized spacial score (nSPS) is 15.4. The lowest BCUT2D eigenvalue weighted by atomic mass is 10.1. The van der Waals surface area contributed by atoms with Crippen molar-refractivity contribution in [2.75, 3.05) is 17.7 Å². The van der Waals surface area contributed by atoms with Crippen LogP contribution >= 0.6 is 11.3 Å². The zero-order valence-electron chi connectivity index (χ0n) is 14.3. The number of aromatic nitrogens is 1. The van der Waals surface area contributed by atoms with Crippen LogP contribution in [0, 0.1) is 5.92 Å². The van der Waals surface area contributed by atoms with E-state index in [1.807, 2.05) is 0 Å². The number of benzene rings is 1. The number of nitrogens with zero attached hydrogens (tertiary/aromatic N) is 2. The fourth-order valence-electron chi connectivity index (χ4n) is 2.37. The summed E-state index contributed by atoms with van der Waals surface area (Å²) in [6.07, 6.45) is 4.39. The second-order valence-electron chi connectivity index (χ2n) is 5.54. The van der Waals surface area contributed by atoms with Crippen molar-refractivity contribution >= 4 is 46.1 Å². The standard InChI is InChI=1S/C18H16N4O4S/c1-26-14-7-3-2-6-13(14)21-15(23)9-11-10-27-18(20-11)22-17(25)12-5-4-8-19-16(12)24/h2-8,10,12H,9H2,1H3,(H,21,23)(H,20,22,25). The van der Waals surface area contributed by atoms with Crippen LogP contribution in [0.5, 0.6) is 5.75 Å². The summed E-state index contributed by atoms with van der Waals surface area (Å²) in [5.41, 5.74) is 1.07. The molecule has 0 spiro atoms. The molecule has 3 rings (SSSR count). The molecule has 0 fully saturated rings. The van der Waals surface area contributed by atoms with E-state index in [1.165, 1.54) is 30.7 Å². The van der Waals surface area contributed by atoms with Crippen LogP contribution in [-0.2, 0) is 20.8 Å². The smallest absolute Gasteiger partial charge is 0.262 e. The molecule has 27 heavy (non-hydrogen) atoms. The van der Waals surface area contributed by atoms with Crippen LogP contribution in [0.1, 0.15) is 5.69 Å². The monoisotopic (exact) mass is 384 g/mol. The Bertz CT molecular complexity index is 935. The van der Waals surface area contributed by atoms with E-state index >= 15 is 0 Å². The summed E-state index contributed by atoms with van der Waals surface area (Å²) >= 11 is 1.18. The molecule has 0 aliphatic carbocycles. The van der Waals surface area contributed by atoms with Gasteiger partial charge in [-0.2, -0.15) is 0 Å². The molecule has 1 aromatic heterocycles. The third kappa shape index (κ3) is 4.64. The van der Waals surface area contributed by atoms with Crippen molar-refractivity contribution in [3.05, 3.63) is 47.5 Å². The molecule has 1 atom stereocenters. The number of methoxy groups -OCH3 is 1. The summed E-state index contributed by atoms with van der Waals surface area (Å²) in [4.78, 5) is 43.8. The number of anilines is 2. The Morgan fingerprint density at radius 1 is 1.26 bits per heavy atom. The fraction of sp³-hybridized carbons (Fsp3) is 0.167. The molecule has 3 amide bonds. The maximum Gasteiger partial charge on any atom is 0.262 e. The number of allylic oxidation sites excluding steroid dienone is 1. The summed E-state index contributed by atoms with van der Waals surface area (Å²) in [5.74, 6) is -1.70. The van der Waals surface area contributed by atoms with Gasteiger partial charge in [0.2, 0.25) is 11.8 Å². The number of para-hydroxylation sites is 2. The highest BCUT2D eigenvalue weighted by atomic mass is 32.1. The molecule has 0 saturated heterocycles. The van der Waals surface area contributed by atoms with Crippen LogP contribution < -0.4 is 15.4 Å². The Balaban J connectivity index is 1.58. The number of carbonyl (C=O) groups is 3. The van der Waals surface area contributed by atoms with E-state index in [9.17, 15) is 14.4 Å². The molecule has 1 unspecified atom stereocenters. The predicted octanol–water partition coefficient (Wildman–Crippen LogP) is 2.05. The van der Waals surface area contributed by atoms with Gasteiger partial charge in [-0.25, -0.2) is 9.98 Å². The summed E-state index contributed by atoms with van der Waals surface area (Å²) in [6.45, 7) is 0. The van der Waals surface area contributed by atoms with Crippen LogP contribution in [0.25, 0.3) is 0 Å². The number of amides is 3. The lowest BCUT2D eigenvalue weighted by Crippen LogP contribution is -2.28. The number of rotatable bonds is 6. The van der Waals surface area contributed by atoms with Crippen molar-refractivity contribution in [1.82, 2.24) is 4.98 Å². The third-order valence-corrected chi connectivity index (χ3v) is 4.45. The molecule has 138 valence electrons. The summed E-state index contributed by atoms with van der Waals surface area (Å²) < 4.78 is 5.19. The highest BCUT2D eigenvalue weighted by Gasteiger charge is 2.25. The first-order valence-corrected chi connectivity index (χ1v) is 8.87. The molecule has 0 bridgehead atoms. The zero-order chi connectivity index (χ0) is 19.2. The Morgan fingerprint density at radius 3 is 2.85 bits per heavy atom. The molecular weight excluding hydrogens is 368 g/mol. The number of ether oxygens (including phenoxy) is 1. The summed E-state index contributed by atoms with van der Waals surface area (Å²) in [7, 11) is 1.53. The number of nitrogens with one attached hydrogen (secondary N) is 2. The van der Waals surface area contributed by atoms with E-state index < -0.39 is 17.7 Å². The first kappa shape index (κ1) is 18.5. The van der Waals surface area contributed by atoms with Crippen molar-refractivity contribution < 1.29 is 19.1 Å². The van der Waals surface area contributed by atoms with Gasteiger partial charge >= 0.3 is 0 Å². The minimum Gasteiger partial charge on any atom is -0.495 e. The van der Waals surface area contributed by atoms with Crippen molar-refractivity contribution in [2.24, 2.45) is 10.9 Å². The molecule has 0 saturated carbocycles. The highest BCUT2D eigenvalue weighted by molar-refractivity contribution is 7.14. The number of hydrogen-bond acceptors (Lipinski definition) is 6. The molecule has 1 aromatic carbocycles. The maximum atomic E-state index is 12.2. The summed E-state index contributed by atoms with van der Waals surface area (Å²) in [6, 6.07) is 7.08. The van der Waals surface area contributed by atoms with Crippen LogP contribution in [0.2, 0.25) is 0 Å². The van der Waals surface area contributed by atoms with Crippen molar-refractivity contribution in [2.45, 2.75) is 6.42 Å². The molecular formula is C18H16N4O4S. The number of dihydropyridines is 1. The van der Waals surface area contributed by atoms with Crippen molar-refractivity contribution in [1.29, 1.82) is 0 Å². The van der Waals surface area contributed by atoms with Crippen LogP contribution in [0.15, 0.2) is 46.8 Å².